The second-order valence-electron chi connectivity index (χ2n) is 12.0. The lowest BCUT2D eigenvalue weighted by molar-refractivity contribution is -0.0731. The molecule has 1 heterocycles. The Morgan fingerprint density at radius 1 is 0.917 bits per heavy atom. The van der Waals surface area contributed by atoms with Gasteiger partial charge in [0, 0.05) is 11.8 Å². The summed E-state index contributed by atoms with van der Waals surface area (Å²) < 4.78 is 7.09. The van der Waals surface area contributed by atoms with Crippen molar-refractivity contribution in [2.75, 3.05) is 0 Å². The third kappa shape index (κ3) is 2.75. The zero-order valence-corrected chi connectivity index (χ0v) is 21.0. The van der Waals surface area contributed by atoms with Crippen molar-refractivity contribution in [3.8, 4) is 0 Å². The van der Waals surface area contributed by atoms with Crippen LogP contribution in [0.25, 0.3) is 17.2 Å². The third-order valence-electron chi connectivity index (χ3n) is 10.00. The number of rotatable bonds is 1. The summed E-state index contributed by atoms with van der Waals surface area (Å²) in [7, 11) is 0. The van der Waals surface area contributed by atoms with Crippen molar-refractivity contribution in [2.24, 2.45) is 23.7 Å². The molecule has 1 saturated heterocycles. The number of hydrogen-bond donors (Lipinski definition) is 0. The Bertz CT molecular complexity index is 1570. The van der Waals surface area contributed by atoms with Gasteiger partial charge < -0.3 is 4.74 Å². The van der Waals surface area contributed by atoms with E-state index in [0.717, 1.165) is 12.8 Å². The van der Waals surface area contributed by atoms with Crippen LogP contribution in [0.3, 0.4) is 0 Å². The van der Waals surface area contributed by atoms with E-state index in [4.69, 9.17) is 4.74 Å². The molecule has 0 amide bonds. The fourth-order valence-corrected chi connectivity index (χ4v) is 8.24. The summed E-state index contributed by atoms with van der Waals surface area (Å²) in [5.74, 6) is 1.97. The van der Waals surface area contributed by atoms with Crippen LogP contribution in [0.1, 0.15) is 37.8 Å². The highest BCUT2D eigenvalue weighted by Crippen LogP contribution is 2.56. The molecule has 0 spiro atoms. The first-order chi connectivity index (χ1) is 17.6. The van der Waals surface area contributed by atoms with Crippen LogP contribution >= 0.6 is 0 Å². The maximum atomic E-state index is 7.09. The fourth-order valence-electron chi connectivity index (χ4n) is 8.24. The van der Waals surface area contributed by atoms with Crippen LogP contribution in [0.2, 0.25) is 0 Å². The van der Waals surface area contributed by atoms with E-state index in [9.17, 15) is 0 Å². The van der Waals surface area contributed by atoms with Crippen molar-refractivity contribution in [2.45, 2.75) is 44.3 Å². The molecule has 1 nitrogen and oxygen atoms in total. The van der Waals surface area contributed by atoms with Gasteiger partial charge in [0.1, 0.15) is 0 Å². The molecular weight excluding hydrogens is 436 g/mol. The highest BCUT2D eigenvalue weighted by Gasteiger charge is 2.50. The minimum atomic E-state index is 0.128. The van der Waals surface area contributed by atoms with E-state index in [2.05, 4.69) is 111 Å². The molecule has 36 heavy (non-hydrogen) atoms. The van der Waals surface area contributed by atoms with Crippen LogP contribution in [0, 0.1) is 23.7 Å². The summed E-state index contributed by atoms with van der Waals surface area (Å²) in [6.07, 6.45) is 21.6. The monoisotopic (exact) mass is 468 g/mol. The van der Waals surface area contributed by atoms with Crippen molar-refractivity contribution < 1.29 is 4.74 Å². The Balaban J connectivity index is 1.19. The van der Waals surface area contributed by atoms with Crippen molar-refractivity contribution in [1.29, 1.82) is 0 Å². The van der Waals surface area contributed by atoms with Crippen LogP contribution in [0.15, 0.2) is 102 Å². The Labute approximate surface area is 213 Å². The maximum Gasteiger partial charge on any atom is 0.0901 e. The van der Waals surface area contributed by atoms with E-state index in [1.807, 2.05) is 0 Å². The van der Waals surface area contributed by atoms with Crippen LogP contribution in [-0.2, 0) is 10.2 Å². The van der Waals surface area contributed by atoms with Gasteiger partial charge in [0.05, 0.1) is 12.2 Å². The quantitative estimate of drug-likeness (QED) is 0.497. The zero-order chi connectivity index (χ0) is 24.0. The van der Waals surface area contributed by atoms with Gasteiger partial charge >= 0.3 is 0 Å². The first kappa shape index (κ1) is 21.0. The van der Waals surface area contributed by atoms with Crippen LogP contribution < -0.4 is 10.4 Å². The fraction of sp³-hybridized carbons (Fsp3) is 0.314. The van der Waals surface area contributed by atoms with E-state index in [1.165, 1.54) is 43.9 Å². The minimum absolute atomic E-state index is 0.128. The van der Waals surface area contributed by atoms with Gasteiger partial charge in [-0.05, 0) is 80.0 Å². The molecule has 6 unspecified atom stereocenters. The van der Waals surface area contributed by atoms with Crippen LogP contribution in [0.4, 0.5) is 0 Å². The first-order valence-corrected chi connectivity index (χ1v) is 13.6. The Kier molecular flexibility index (Phi) is 4.33. The minimum Gasteiger partial charge on any atom is -0.365 e. The van der Waals surface area contributed by atoms with Gasteiger partial charge in [0.25, 0.3) is 0 Å². The molecule has 1 fully saturated rings. The van der Waals surface area contributed by atoms with Gasteiger partial charge in [-0.2, -0.15) is 0 Å². The van der Waals surface area contributed by atoms with Crippen molar-refractivity contribution in [3.05, 3.63) is 124 Å². The Morgan fingerprint density at radius 3 is 2.72 bits per heavy atom. The standard InChI is InChI=1S/C35H32O/c1-35(2)30-16-6-5-11-25(30)26-18-17-22(19-31(26)35)24-12-7-15-29-28-14-8-13-27-23-10-4-3-9-21(23)20-32(33(27)28)36-34(24)29/h3-13,15-18,20,28-29,31-34H,14,19H2,1-2H3. The number of ether oxygens (including phenoxy) is 1. The molecule has 1 heteroatoms. The highest BCUT2D eigenvalue weighted by atomic mass is 16.5. The van der Waals surface area contributed by atoms with Gasteiger partial charge in [-0.25, -0.2) is 0 Å². The van der Waals surface area contributed by atoms with Crippen LogP contribution in [-0.4, -0.2) is 12.2 Å². The van der Waals surface area contributed by atoms with Gasteiger partial charge in [-0.3, -0.25) is 0 Å². The molecule has 0 N–H and O–H groups in total. The molecule has 6 atom stereocenters. The van der Waals surface area contributed by atoms with E-state index in [0.29, 0.717) is 23.7 Å². The Hall–Kier alpha value is -3.16. The maximum absolute atomic E-state index is 7.09. The lowest BCUT2D eigenvalue weighted by Gasteiger charge is -2.50. The molecular formula is C35H32O. The second-order valence-corrected chi connectivity index (χ2v) is 12.0. The molecule has 8 rings (SSSR count). The average molecular weight is 469 g/mol. The average Bonchev–Trinajstić information content (AvgIpc) is 3.15. The molecule has 2 aromatic rings. The normalized spacial score (nSPS) is 34.2. The smallest absolute Gasteiger partial charge is 0.0901 e. The third-order valence-corrected chi connectivity index (χ3v) is 10.00. The molecule has 2 aromatic carbocycles. The molecule has 0 saturated carbocycles. The molecule has 0 bridgehead atoms. The second kappa shape index (κ2) is 7.43. The molecule has 1 aliphatic heterocycles. The summed E-state index contributed by atoms with van der Waals surface area (Å²) in [4.78, 5) is 0. The molecule has 5 aliphatic carbocycles. The van der Waals surface area contributed by atoms with Crippen molar-refractivity contribution in [3.63, 3.8) is 0 Å². The largest absolute Gasteiger partial charge is 0.365 e. The highest BCUT2D eigenvalue weighted by molar-refractivity contribution is 5.80. The van der Waals surface area contributed by atoms with Crippen molar-refractivity contribution in [1.82, 2.24) is 0 Å². The summed E-state index contributed by atoms with van der Waals surface area (Å²) in [5, 5.41) is 2.72. The van der Waals surface area contributed by atoms with Gasteiger partial charge in [0.2, 0.25) is 0 Å². The lowest BCUT2D eigenvalue weighted by atomic mass is 9.62. The van der Waals surface area contributed by atoms with Gasteiger partial charge in [-0.1, -0.05) is 105 Å². The van der Waals surface area contributed by atoms with Crippen LogP contribution in [0.5, 0.6) is 0 Å². The number of fused-ring (bicyclic) bond motifs is 6. The Morgan fingerprint density at radius 2 is 1.78 bits per heavy atom. The van der Waals surface area contributed by atoms with Gasteiger partial charge in [0.15, 0.2) is 0 Å². The summed E-state index contributed by atoms with van der Waals surface area (Å²) >= 11 is 0. The molecule has 0 radical (unpaired) electrons. The lowest BCUT2D eigenvalue weighted by Crippen LogP contribution is -2.53. The topological polar surface area (TPSA) is 9.23 Å². The van der Waals surface area contributed by atoms with E-state index in [1.54, 1.807) is 0 Å². The van der Waals surface area contributed by atoms with Gasteiger partial charge in [-0.15, -0.1) is 0 Å². The number of benzene rings is 2. The summed E-state index contributed by atoms with van der Waals surface area (Å²) in [6.45, 7) is 4.86. The summed E-state index contributed by atoms with van der Waals surface area (Å²) in [6, 6.07) is 17.9. The van der Waals surface area contributed by atoms with E-state index >= 15 is 0 Å². The molecule has 0 aromatic heterocycles. The zero-order valence-electron chi connectivity index (χ0n) is 21.0. The first-order valence-electron chi connectivity index (χ1n) is 13.6. The number of allylic oxidation sites excluding steroid dienone is 7. The predicted molar refractivity (Wildman–Crippen MR) is 147 cm³/mol. The summed E-state index contributed by atoms with van der Waals surface area (Å²) in [5.41, 5.74) is 8.95. The predicted octanol–water partition coefficient (Wildman–Crippen LogP) is 6.02. The SMILES string of the molecule is CC1(C)c2ccccc2C2=CC=C(C3=CC=CC4C3OC3C=c5ccccc5=C5C=CCC4C53)CC21. The van der Waals surface area contributed by atoms with E-state index < -0.39 is 0 Å². The van der Waals surface area contributed by atoms with E-state index in [-0.39, 0.29) is 17.6 Å². The molecule has 6 aliphatic rings. The number of hydrogen-bond acceptors (Lipinski definition) is 1. The molecule has 178 valence electrons. The van der Waals surface area contributed by atoms with Crippen molar-refractivity contribution >= 4 is 17.2 Å².